The summed E-state index contributed by atoms with van der Waals surface area (Å²) >= 11 is 0. The van der Waals surface area contributed by atoms with Crippen molar-refractivity contribution < 1.29 is 37.0 Å². The van der Waals surface area contributed by atoms with Crippen LogP contribution >= 0.6 is 0 Å². The quantitative estimate of drug-likeness (QED) is 0.258. The number of alkyl carbamates (subject to hydrolysis) is 1. The molecule has 2 N–H and O–H groups in total. The minimum absolute atomic E-state index is 0.00925. The molecule has 3 atom stereocenters. The lowest BCUT2D eigenvalue weighted by molar-refractivity contribution is -0.143. The van der Waals surface area contributed by atoms with Crippen LogP contribution in [0.2, 0.25) is 18.1 Å². The third-order valence-corrected chi connectivity index (χ3v) is 11.8. The van der Waals surface area contributed by atoms with Gasteiger partial charge in [-0.05, 0) is 81.4 Å². The average Bonchev–Trinajstić information content (AvgIpc) is 2.81. The number of carboxylic acids is 1. The summed E-state index contributed by atoms with van der Waals surface area (Å²) in [6.07, 6.45) is -5.42. The van der Waals surface area contributed by atoms with E-state index >= 15 is 0 Å². The van der Waals surface area contributed by atoms with Gasteiger partial charge in [-0.15, -0.1) is 0 Å². The molecule has 0 saturated carbocycles. The topological polar surface area (TPSA) is 84.9 Å². The molecule has 0 aliphatic rings. The monoisotopic (exact) mass is 595 g/mol. The molecule has 228 valence electrons. The number of benzene rings is 2. The number of nitrogens with one attached hydrogen (secondary N) is 1. The highest BCUT2D eigenvalue weighted by molar-refractivity contribution is 6.74. The second kappa shape index (κ2) is 13.4. The van der Waals surface area contributed by atoms with E-state index in [1.165, 1.54) is 12.1 Å². The predicted octanol–water partition coefficient (Wildman–Crippen LogP) is 7.87. The van der Waals surface area contributed by atoms with Gasteiger partial charge in [0.1, 0.15) is 5.60 Å². The largest absolute Gasteiger partial charge is 0.481 e. The molecule has 1 amide bonds. The first-order valence-electron chi connectivity index (χ1n) is 13.8. The number of rotatable bonds is 11. The number of alkyl halides is 3. The molecule has 0 saturated heterocycles. The van der Waals surface area contributed by atoms with Gasteiger partial charge in [0.25, 0.3) is 0 Å². The van der Waals surface area contributed by atoms with E-state index in [1.54, 1.807) is 20.8 Å². The number of aliphatic carboxylic acids is 1. The molecular weight excluding hydrogens is 551 g/mol. The molecule has 3 unspecified atom stereocenters. The van der Waals surface area contributed by atoms with Gasteiger partial charge in [0, 0.05) is 0 Å². The average molecular weight is 596 g/mol. The molecule has 0 heterocycles. The number of amides is 1. The molecule has 41 heavy (non-hydrogen) atoms. The van der Waals surface area contributed by atoms with E-state index in [0.29, 0.717) is 12.0 Å². The maximum absolute atomic E-state index is 13.1. The van der Waals surface area contributed by atoms with Crippen molar-refractivity contribution >= 4 is 20.4 Å². The van der Waals surface area contributed by atoms with E-state index in [2.05, 4.69) is 39.2 Å². The summed E-state index contributed by atoms with van der Waals surface area (Å²) in [5, 5.41) is 12.9. The third-order valence-electron chi connectivity index (χ3n) is 7.33. The lowest BCUT2D eigenvalue weighted by Gasteiger charge is -2.42. The van der Waals surface area contributed by atoms with Crippen LogP contribution in [0.5, 0.6) is 0 Å². The van der Waals surface area contributed by atoms with E-state index in [0.717, 1.165) is 17.7 Å². The molecule has 0 aliphatic heterocycles. The summed E-state index contributed by atoms with van der Waals surface area (Å²) in [4.78, 5) is 25.4. The fraction of sp³-hybridized carbons (Fsp3) is 0.548. The van der Waals surface area contributed by atoms with Crippen LogP contribution in [-0.4, -0.2) is 43.2 Å². The van der Waals surface area contributed by atoms with Gasteiger partial charge in [0.15, 0.2) is 8.32 Å². The molecular formula is C31H44F3NO5Si. The number of carbonyl (C=O) groups excluding carboxylic acids is 1. The van der Waals surface area contributed by atoms with Crippen molar-refractivity contribution in [3.8, 4) is 0 Å². The summed E-state index contributed by atoms with van der Waals surface area (Å²) in [5.41, 5.74) is -0.150. The van der Waals surface area contributed by atoms with Crippen LogP contribution in [0.25, 0.3) is 0 Å². The van der Waals surface area contributed by atoms with E-state index in [-0.39, 0.29) is 17.9 Å². The number of ether oxygens (including phenoxy) is 1. The summed E-state index contributed by atoms with van der Waals surface area (Å²) < 4.78 is 51.5. The van der Waals surface area contributed by atoms with Crippen LogP contribution < -0.4 is 5.32 Å². The molecule has 0 spiro atoms. The van der Waals surface area contributed by atoms with Crippen molar-refractivity contribution in [2.75, 3.05) is 0 Å². The number of carboxylic acid groups (broad SMARTS) is 1. The molecule has 0 fully saturated rings. The van der Waals surface area contributed by atoms with Gasteiger partial charge >= 0.3 is 18.2 Å². The van der Waals surface area contributed by atoms with E-state index in [4.69, 9.17) is 9.16 Å². The van der Waals surface area contributed by atoms with Crippen LogP contribution in [0.3, 0.4) is 0 Å². The minimum atomic E-state index is -4.48. The second-order valence-corrected chi connectivity index (χ2v) is 17.8. The Bertz CT molecular complexity index is 1140. The van der Waals surface area contributed by atoms with Gasteiger partial charge in [-0.3, -0.25) is 4.79 Å². The van der Waals surface area contributed by atoms with Crippen molar-refractivity contribution in [2.24, 2.45) is 5.92 Å². The SMILES string of the molecule is CC(C)(C)OC(=O)NC(Cc1ccccc1)C(CC(Cc1ccc(C(F)(F)F)cc1)C(=O)O)O[Si](C)(C)C(C)(C)C. The number of carbonyl (C=O) groups is 2. The highest BCUT2D eigenvalue weighted by Gasteiger charge is 2.42. The zero-order chi connectivity index (χ0) is 31.2. The van der Waals surface area contributed by atoms with E-state index in [1.807, 2.05) is 30.3 Å². The van der Waals surface area contributed by atoms with E-state index in [9.17, 15) is 27.9 Å². The van der Waals surface area contributed by atoms with Crippen LogP contribution in [-0.2, 0) is 33.0 Å². The Labute approximate surface area is 242 Å². The maximum Gasteiger partial charge on any atom is 0.416 e. The molecule has 0 aliphatic carbocycles. The molecule has 2 rings (SSSR count). The van der Waals surface area contributed by atoms with Crippen LogP contribution in [0.1, 0.15) is 64.7 Å². The Balaban J connectivity index is 2.48. The summed E-state index contributed by atoms with van der Waals surface area (Å²) in [6.45, 7) is 15.6. The smallest absolute Gasteiger partial charge is 0.416 e. The minimum Gasteiger partial charge on any atom is -0.481 e. The number of hydrogen-bond donors (Lipinski definition) is 2. The fourth-order valence-corrected chi connectivity index (χ4v) is 5.49. The van der Waals surface area contributed by atoms with Crippen molar-refractivity contribution in [2.45, 2.75) is 103 Å². The lowest BCUT2D eigenvalue weighted by atomic mass is 9.89. The normalized spacial score (nSPS) is 15.1. The molecule has 0 radical (unpaired) electrons. The van der Waals surface area contributed by atoms with Gasteiger partial charge in [-0.2, -0.15) is 13.2 Å². The highest BCUT2D eigenvalue weighted by Crippen LogP contribution is 2.39. The first-order chi connectivity index (χ1) is 18.7. The first kappa shape index (κ1) is 34.3. The van der Waals surface area contributed by atoms with Crippen molar-refractivity contribution in [1.29, 1.82) is 0 Å². The lowest BCUT2D eigenvalue weighted by Crippen LogP contribution is -2.54. The Morgan fingerprint density at radius 2 is 1.41 bits per heavy atom. The van der Waals surface area contributed by atoms with Crippen molar-refractivity contribution in [3.63, 3.8) is 0 Å². The number of hydrogen-bond acceptors (Lipinski definition) is 4. The predicted molar refractivity (Wildman–Crippen MR) is 156 cm³/mol. The van der Waals surface area contributed by atoms with Gasteiger partial charge in [-0.1, -0.05) is 63.2 Å². The summed E-state index contributed by atoms with van der Waals surface area (Å²) in [5.74, 6) is -2.07. The van der Waals surface area contributed by atoms with Crippen LogP contribution in [0.15, 0.2) is 54.6 Å². The Morgan fingerprint density at radius 3 is 1.88 bits per heavy atom. The fourth-order valence-electron chi connectivity index (χ4n) is 4.12. The third kappa shape index (κ3) is 11.2. The van der Waals surface area contributed by atoms with E-state index < -0.39 is 55.8 Å². The molecule has 6 nitrogen and oxygen atoms in total. The van der Waals surface area contributed by atoms with Gasteiger partial charge in [0.2, 0.25) is 0 Å². The molecule has 0 bridgehead atoms. The number of halogens is 3. The first-order valence-corrected chi connectivity index (χ1v) is 16.7. The Morgan fingerprint density at radius 1 is 0.878 bits per heavy atom. The summed E-state index contributed by atoms with van der Waals surface area (Å²) in [7, 11) is -2.48. The molecule has 10 heteroatoms. The maximum atomic E-state index is 13.1. The second-order valence-electron chi connectivity index (χ2n) is 13.0. The highest BCUT2D eigenvalue weighted by atomic mass is 28.4. The standard InChI is InChI=1S/C31H44F3NO5Si/c1-29(2,3)39-28(38)35-25(19-21-12-10-9-11-13-21)26(40-41(7,8)30(4,5)6)20-23(27(36)37)18-22-14-16-24(17-15-22)31(32,33)34/h9-17,23,25-26H,18-20H2,1-8H3,(H,35,38)(H,36,37). The van der Waals surface area contributed by atoms with Gasteiger partial charge < -0.3 is 19.6 Å². The van der Waals surface area contributed by atoms with Crippen LogP contribution in [0.4, 0.5) is 18.0 Å². The molecule has 2 aromatic rings. The van der Waals surface area contributed by atoms with Crippen molar-refractivity contribution in [1.82, 2.24) is 5.32 Å². The van der Waals surface area contributed by atoms with Gasteiger partial charge in [-0.25, -0.2) is 4.79 Å². The Kier molecular flexibility index (Phi) is 11.2. The van der Waals surface area contributed by atoms with Crippen molar-refractivity contribution in [3.05, 3.63) is 71.3 Å². The Hall–Kier alpha value is -2.85. The van der Waals surface area contributed by atoms with Crippen LogP contribution in [0, 0.1) is 5.92 Å². The zero-order valence-electron chi connectivity index (χ0n) is 25.3. The van der Waals surface area contributed by atoms with Gasteiger partial charge in [0.05, 0.1) is 23.6 Å². The summed E-state index contributed by atoms with van der Waals surface area (Å²) in [6, 6.07) is 13.4. The molecule has 2 aromatic carbocycles. The molecule has 0 aromatic heterocycles. The zero-order valence-corrected chi connectivity index (χ0v) is 26.3.